The Hall–Kier alpha value is -2.80. The molecule has 1 fully saturated rings. The van der Waals surface area contributed by atoms with Crippen LogP contribution in [0, 0.1) is 34.5 Å². The first-order chi connectivity index (χ1) is 24.0. The van der Waals surface area contributed by atoms with Gasteiger partial charge in [-0.25, -0.2) is 0 Å². The molecule has 12 nitrogen and oxygen atoms in total. The maximum absolute atomic E-state index is 13.6. The molecule has 0 aromatic heterocycles. The second-order valence-corrected chi connectivity index (χ2v) is 16.4. The molecule has 2 amide bonds. The van der Waals surface area contributed by atoms with E-state index in [0.29, 0.717) is 65.4 Å². The summed E-state index contributed by atoms with van der Waals surface area (Å²) < 4.78 is 28.1. The lowest BCUT2D eigenvalue weighted by atomic mass is 9.65. The molecular formula is C39H64N2O10. The van der Waals surface area contributed by atoms with Gasteiger partial charge in [-0.15, -0.1) is 0 Å². The Balaban J connectivity index is 1.33. The summed E-state index contributed by atoms with van der Waals surface area (Å²) in [5, 5.41) is 15.7. The van der Waals surface area contributed by atoms with Crippen LogP contribution in [-0.4, -0.2) is 99.9 Å². The fraction of sp³-hybridized carbons (Fsp3) is 0.795. The van der Waals surface area contributed by atoms with Crippen molar-refractivity contribution in [1.82, 2.24) is 10.6 Å². The molecule has 1 heterocycles. The first-order valence-corrected chi connectivity index (χ1v) is 18.8. The first-order valence-electron chi connectivity index (χ1n) is 18.8. The molecule has 0 spiro atoms. The number of allylic oxidation sites excluding steroid dienone is 3. The van der Waals surface area contributed by atoms with Gasteiger partial charge in [-0.2, -0.15) is 0 Å². The molecule has 0 aromatic carbocycles. The van der Waals surface area contributed by atoms with E-state index in [1.54, 1.807) is 0 Å². The standard InChI is InChI=1S/C39H64N2O10/c1-26-20-28-9-8-27(2)31(11-10-30-22-29(42)23-35(45)50-30)36(28)32(21-26)51-37(46)39(6,7)13-12-33(43)40-14-15-47-16-17-48-18-19-49-24-34(44)41-25-38(3,4)5/h8-9,20,26-27,29-32,36,42H,10-19,21-25H2,1-7H3,(H,40,43)(H,41,44)/t26-,27-,29+,30+,31-,32-,36-/m0/s1. The third-order valence-electron chi connectivity index (χ3n) is 9.80. The number of hydrogen-bond donors (Lipinski definition) is 3. The highest BCUT2D eigenvalue weighted by Crippen LogP contribution is 2.45. The SMILES string of the molecule is C[C@H]1C=C2C=C[C@H](C)[C@H](CC[C@@H]3C[C@@H](O)CC(=O)O3)[C@H]2[C@@H](OC(=O)C(C)(C)CCC(=O)NCCOCCOCCOCC(=O)NCC(C)(C)C)C1. The monoisotopic (exact) mass is 720 g/mol. The van der Waals surface area contributed by atoms with Crippen molar-refractivity contribution in [3.63, 3.8) is 0 Å². The number of aliphatic hydroxyl groups is 1. The summed E-state index contributed by atoms with van der Waals surface area (Å²) >= 11 is 0. The van der Waals surface area contributed by atoms with E-state index in [2.05, 4.69) is 42.7 Å². The fourth-order valence-corrected chi connectivity index (χ4v) is 6.83. The van der Waals surface area contributed by atoms with Gasteiger partial charge in [-0.1, -0.05) is 52.8 Å². The van der Waals surface area contributed by atoms with E-state index in [1.165, 1.54) is 5.57 Å². The lowest BCUT2D eigenvalue weighted by molar-refractivity contribution is -0.166. The molecule has 12 heteroatoms. The molecule has 1 aliphatic heterocycles. The zero-order valence-electron chi connectivity index (χ0n) is 32.0. The molecule has 2 aliphatic carbocycles. The van der Waals surface area contributed by atoms with Gasteiger partial charge >= 0.3 is 11.9 Å². The van der Waals surface area contributed by atoms with Crippen LogP contribution in [0.4, 0.5) is 0 Å². The predicted molar refractivity (Wildman–Crippen MR) is 192 cm³/mol. The van der Waals surface area contributed by atoms with Crippen LogP contribution in [-0.2, 0) is 42.9 Å². The number of carbonyl (C=O) groups excluding carboxylic acids is 4. The van der Waals surface area contributed by atoms with Crippen molar-refractivity contribution in [2.75, 3.05) is 52.7 Å². The third kappa shape index (κ3) is 15.4. The first kappa shape index (κ1) is 42.6. The van der Waals surface area contributed by atoms with Crippen LogP contribution in [0.25, 0.3) is 0 Å². The minimum Gasteiger partial charge on any atom is -0.462 e. The van der Waals surface area contributed by atoms with Crippen molar-refractivity contribution in [3.8, 4) is 0 Å². The molecule has 3 N–H and O–H groups in total. The number of hydrogen-bond acceptors (Lipinski definition) is 10. The van der Waals surface area contributed by atoms with Crippen LogP contribution in [0.1, 0.15) is 93.4 Å². The van der Waals surface area contributed by atoms with Gasteiger partial charge < -0.3 is 39.4 Å². The van der Waals surface area contributed by atoms with Gasteiger partial charge in [0.25, 0.3) is 0 Å². The smallest absolute Gasteiger partial charge is 0.311 e. The number of ether oxygens (including phenoxy) is 5. The Morgan fingerprint density at radius 1 is 0.922 bits per heavy atom. The van der Waals surface area contributed by atoms with E-state index >= 15 is 0 Å². The van der Waals surface area contributed by atoms with Gasteiger partial charge in [-0.3, -0.25) is 19.2 Å². The molecular weight excluding hydrogens is 656 g/mol. The van der Waals surface area contributed by atoms with E-state index in [-0.39, 0.29) is 84.5 Å². The van der Waals surface area contributed by atoms with Gasteiger partial charge in [0.2, 0.25) is 11.8 Å². The Labute approximate surface area is 304 Å². The number of fused-ring (bicyclic) bond motifs is 1. The van der Waals surface area contributed by atoms with E-state index in [1.807, 2.05) is 34.6 Å². The summed E-state index contributed by atoms with van der Waals surface area (Å²) in [5.41, 5.74) is 0.352. The van der Waals surface area contributed by atoms with Crippen LogP contribution in [0.5, 0.6) is 0 Å². The summed E-state index contributed by atoms with van der Waals surface area (Å²) in [6.45, 7) is 16.8. The topological polar surface area (TPSA) is 159 Å². The Bertz CT molecular complexity index is 1210. The second-order valence-electron chi connectivity index (χ2n) is 16.4. The molecule has 3 rings (SSSR count). The number of aliphatic hydroxyl groups excluding tert-OH is 1. The summed E-state index contributed by atoms with van der Waals surface area (Å²) in [6.07, 6.45) is 8.58. The molecule has 0 saturated carbocycles. The van der Waals surface area contributed by atoms with Crippen LogP contribution in [0.2, 0.25) is 0 Å². The van der Waals surface area contributed by atoms with E-state index in [0.717, 1.165) is 12.8 Å². The molecule has 7 atom stereocenters. The van der Waals surface area contributed by atoms with Crippen LogP contribution < -0.4 is 10.6 Å². The molecule has 0 bridgehead atoms. The lowest BCUT2D eigenvalue weighted by Gasteiger charge is -2.44. The maximum Gasteiger partial charge on any atom is 0.311 e. The molecule has 51 heavy (non-hydrogen) atoms. The summed E-state index contributed by atoms with van der Waals surface area (Å²) in [6, 6.07) is 0. The highest BCUT2D eigenvalue weighted by molar-refractivity contribution is 5.79. The average molecular weight is 721 g/mol. The lowest BCUT2D eigenvalue weighted by Crippen LogP contribution is -2.43. The summed E-state index contributed by atoms with van der Waals surface area (Å²) in [4.78, 5) is 49.8. The van der Waals surface area contributed by atoms with Crippen LogP contribution in [0.3, 0.4) is 0 Å². The van der Waals surface area contributed by atoms with E-state index in [9.17, 15) is 24.3 Å². The average Bonchev–Trinajstić information content (AvgIpc) is 3.04. The van der Waals surface area contributed by atoms with Crippen molar-refractivity contribution in [3.05, 3.63) is 23.8 Å². The van der Waals surface area contributed by atoms with Gasteiger partial charge in [0, 0.05) is 31.8 Å². The molecule has 0 unspecified atom stereocenters. The number of esters is 2. The summed E-state index contributed by atoms with van der Waals surface area (Å²) in [5.74, 6) is -0.231. The number of nitrogens with one attached hydrogen (secondary N) is 2. The number of carbonyl (C=O) groups is 4. The highest BCUT2D eigenvalue weighted by atomic mass is 16.6. The third-order valence-corrected chi connectivity index (χ3v) is 9.80. The van der Waals surface area contributed by atoms with Crippen molar-refractivity contribution in [2.45, 2.75) is 112 Å². The van der Waals surface area contributed by atoms with E-state index in [4.69, 9.17) is 23.7 Å². The second kappa shape index (κ2) is 20.4. The Morgan fingerprint density at radius 3 is 2.29 bits per heavy atom. The highest BCUT2D eigenvalue weighted by Gasteiger charge is 2.43. The maximum atomic E-state index is 13.6. The predicted octanol–water partition coefficient (Wildman–Crippen LogP) is 4.28. The van der Waals surface area contributed by atoms with Gasteiger partial charge in [0.05, 0.1) is 51.0 Å². The Morgan fingerprint density at radius 2 is 1.61 bits per heavy atom. The number of cyclic esters (lactones) is 1. The molecule has 3 aliphatic rings. The van der Waals surface area contributed by atoms with Crippen molar-refractivity contribution in [2.24, 2.45) is 34.5 Å². The molecule has 290 valence electrons. The fourth-order valence-electron chi connectivity index (χ4n) is 6.83. The molecule has 1 saturated heterocycles. The quantitative estimate of drug-likeness (QED) is 0.122. The van der Waals surface area contributed by atoms with Crippen molar-refractivity contribution >= 4 is 23.8 Å². The molecule has 0 aromatic rings. The van der Waals surface area contributed by atoms with Crippen molar-refractivity contribution < 1.29 is 48.0 Å². The van der Waals surface area contributed by atoms with Gasteiger partial charge in [0.15, 0.2) is 0 Å². The number of amides is 2. The number of rotatable bonds is 20. The largest absolute Gasteiger partial charge is 0.462 e. The normalized spacial score (nSPS) is 26.5. The van der Waals surface area contributed by atoms with Gasteiger partial charge in [-0.05, 0) is 68.3 Å². The zero-order chi connectivity index (χ0) is 37.6. The van der Waals surface area contributed by atoms with Crippen LogP contribution in [0.15, 0.2) is 23.8 Å². The van der Waals surface area contributed by atoms with Gasteiger partial charge in [0.1, 0.15) is 18.8 Å². The minimum absolute atomic E-state index is 0.000184. The van der Waals surface area contributed by atoms with E-state index < -0.39 is 11.5 Å². The van der Waals surface area contributed by atoms with Crippen molar-refractivity contribution in [1.29, 1.82) is 0 Å². The van der Waals surface area contributed by atoms with Crippen LogP contribution >= 0.6 is 0 Å². The summed E-state index contributed by atoms with van der Waals surface area (Å²) in [7, 11) is 0. The Kier molecular flexibility index (Phi) is 17.1. The molecule has 0 radical (unpaired) electrons. The zero-order valence-corrected chi connectivity index (χ0v) is 32.0. The minimum atomic E-state index is -0.853.